The molecule has 0 bridgehead atoms. The number of rotatable bonds is 57. The summed E-state index contributed by atoms with van der Waals surface area (Å²) >= 11 is 0. The largest absolute Gasteiger partial charge is 0.462 e. The second-order valence-corrected chi connectivity index (χ2v) is 21.8. The van der Waals surface area contributed by atoms with Crippen molar-refractivity contribution < 1.29 is 72.5 Å². The van der Waals surface area contributed by atoms with E-state index in [1.54, 1.807) is 0 Å². The number of nitrogens with one attached hydrogen (secondary N) is 2. The summed E-state index contributed by atoms with van der Waals surface area (Å²) < 4.78 is 32.8. The van der Waals surface area contributed by atoms with Crippen LogP contribution in [0.5, 0.6) is 0 Å². The molecule has 464 valence electrons. The maximum absolute atomic E-state index is 13.0. The quantitative estimate of drug-likeness (QED) is 0.0125. The molecule has 17 heteroatoms. The van der Waals surface area contributed by atoms with Crippen LogP contribution in [0.2, 0.25) is 0 Å². The highest BCUT2D eigenvalue weighted by Crippen LogP contribution is 2.23. The Bertz CT molecular complexity index is 1630. The highest BCUT2D eigenvalue weighted by Gasteiger charge is 2.32. The van der Waals surface area contributed by atoms with Crippen molar-refractivity contribution in [2.75, 3.05) is 13.2 Å². The van der Waals surface area contributed by atoms with Crippen molar-refractivity contribution in [2.45, 2.75) is 327 Å². The zero-order valence-corrected chi connectivity index (χ0v) is 50.3. The molecular formula is C63H112N2O15. The summed E-state index contributed by atoms with van der Waals surface area (Å²) in [6.45, 7) is 7.13. The minimum absolute atomic E-state index is 0.122. The van der Waals surface area contributed by atoms with Gasteiger partial charge in [0.2, 0.25) is 0 Å². The van der Waals surface area contributed by atoms with E-state index in [9.17, 15) is 44.1 Å². The lowest BCUT2D eigenvalue weighted by Gasteiger charge is -2.29. The molecule has 5 N–H and O–H groups in total. The number of aliphatic hydroxyl groups is 3. The molecule has 0 aliphatic carbocycles. The average molecular weight is 1140 g/mol. The minimum atomic E-state index is -1.09. The van der Waals surface area contributed by atoms with Crippen molar-refractivity contribution in [3.63, 3.8) is 0 Å². The van der Waals surface area contributed by atoms with E-state index in [0.29, 0.717) is 83.1 Å². The van der Waals surface area contributed by atoms with Gasteiger partial charge in [-0.05, 0) is 77.0 Å². The first kappa shape index (κ1) is 75.8. The van der Waals surface area contributed by atoms with Crippen molar-refractivity contribution in [3.8, 4) is 0 Å². The van der Waals surface area contributed by atoms with Crippen LogP contribution in [-0.2, 0) is 57.2 Å². The molecule has 0 saturated heterocycles. The van der Waals surface area contributed by atoms with E-state index in [1.807, 2.05) is 6.92 Å². The van der Waals surface area contributed by atoms with Gasteiger partial charge in [0, 0.05) is 32.6 Å². The van der Waals surface area contributed by atoms with Crippen LogP contribution in [0.25, 0.3) is 0 Å². The van der Waals surface area contributed by atoms with Crippen LogP contribution in [-0.4, -0.2) is 120 Å². The predicted octanol–water partition coefficient (Wildman–Crippen LogP) is 13.3. The van der Waals surface area contributed by atoms with Crippen LogP contribution < -0.4 is 0 Å². The summed E-state index contributed by atoms with van der Waals surface area (Å²) in [4.78, 5) is 74.4. The van der Waals surface area contributed by atoms with Gasteiger partial charge in [-0.25, -0.2) is 9.59 Å². The van der Waals surface area contributed by atoms with Crippen molar-refractivity contribution in [1.29, 1.82) is 10.8 Å². The molecule has 17 nitrogen and oxygen atoms in total. The van der Waals surface area contributed by atoms with Crippen molar-refractivity contribution in [3.05, 3.63) is 12.2 Å². The Hall–Kier alpha value is -4.22. The molecule has 0 fully saturated rings. The lowest BCUT2D eigenvalue weighted by atomic mass is 9.96. The minimum Gasteiger partial charge on any atom is -0.462 e. The summed E-state index contributed by atoms with van der Waals surface area (Å²) in [7, 11) is 0. The molecule has 0 amide bonds. The summed E-state index contributed by atoms with van der Waals surface area (Å²) in [6, 6.07) is 0. The first-order valence-corrected chi connectivity index (χ1v) is 31.5. The van der Waals surface area contributed by atoms with E-state index in [1.165, 1.54) is 58.3 Å². The Morgan fingerprint density at radius 3 is 1.14 bits per heavy atom. The van der Waals surface area contributed by atoms with Gasteiger partial charge in [-0.15, -0.1) is 0 Å². The summed E-state index contributed by atoms with van der Waals surface area (Å²) in [5.41, 5.74) is 0. The van der Waals surface area contributed by atoms with Gasteiger partial charge in [-0.2, -0.15) is 0 Å². The molecule has 7 atom stereocenters. The monoisotopic (exact) mass is 1140 g/mol. The molecule has 0 radical (unpaired) electrons. The van der Waals surface area contributed by atoms with E-state index in [0.717, 1.165) is 103 Å². The number of ether oxygens (including phenoxy) is 6. The fraction of sp³-hybridized carbons (Fsp3) is 0.841. The maximum atomic E-state index is 13.0. The molecule has 0 heterocycles. The van der Waals surface area contributed by atoms with Crippen LogP contribution in [0.4, 0.5) is 0 Å². The Morgan fingerprint density at radius 2 is 0.713 bits per heavy atom. The van der Waals surface area contributed by atoms with Crippen molar-refractivity contribution >= 4 is 48.2 Å². The second kappa shape index (κ2) is 54.1. The summed E-state index contributed by atoms with van der Waals surface area (Å²) in [5.74, 6) is -3.70. The Kier molecular flexibility index (Phi) is 51.2. The Labute approximate surface area is 482 Å². The molecule has 0 aromatic carbocycles. The molecule has 0 spiro atoms. The van der Waals surface area contributed by atoms with E-state index in [-0.39, 0.29) is 45.3 Å². The fourth-order valence-corrected chi connectivity index (χ4v) is 9.52. The number of carbonyl (C=O) groups is 6. The smallest absolute Gasteiger partial charge is 0.349 e. The second-order valence-electron chi connectivity index (χ2n) is 21.8. The van der Waals surface area contributed by atoms with Gasteiger partial charge < -0.3 is 54.6 Å². The van der Waals surface area contributed by atoms with Gasteiger partial charge in [0.05, 0.1) is 18.3 Å². The zero-order chi connectivity index (χ0) is 59.3. The Morgan fingerprint density at radius 1 is 0.388 bits per heavy atom. The predicted molar refractivity (Wildman–Crippen MR) is 314 cm³/mol. The van der Waals surface area contributed by atoms with Crippen LogP contribution in [0.3, 0.4) is 0 Å². The van der Waals surface area contributed by atoms with Crippen LogP contribution in [0.1, 0.15) is 285 Å². The third-order valence-corrected chi connectivity index (χ3v) is 14.3. The molecule has 0 aliphatic rings. The van der Waals surface area contributed by atoms with Crippen LogP contribution >= 0.6 is 0 Å². The number of unbranched alkanes of at least 4 members (excludes halogenated alkanes) is 26. The average Bonchev–Trinajstić information content (AvgIpc) is 3.43. The van der Waals surface area contributed by atoms with Gasteiger partial charge in [0.25, 0.3) is 0 Å². The number of allylic oxidation sites excluding steroid dienone is 2. The molecule has 0 aromatic rings. The number of esters is 6. The normalized spacial score (nSPS) is 14.0. The third-order valence-electron chi connectivity index (χ3n) is 14.3. The Balaban J connectivity index is 5.08. The standard InChI is InChI=1S/C63H112N2O15/c1-5-8-11-13-15-16-17-18-19-20-21-22-23-29-38-45-61(72)78-52(50-76-60(71)44-37-31-25-28-35-42-56(79-62(73)47-64)53(67)40-33-26-14-12-9-6-2)49-75-59(70)43-36-30-24-27-34-41-54(68)57(77-51(4)66)46-58(80-63(74)48-65)55(69)39-32-10-7-3/h18-19,47-48,52-58,64-65,67-69H,5-17,20-46,49-50H2,1-4H3/b19-18-,64-47?,65-48?. The molecule has 7 unspecified atom stereocenters. The fourth-order valence-electron chi connectivity index (χ4n) is 9.52. The van der Waals surface area contributed by atoms with E-state index in [2.05, 4.69) is 26.0 Å². The first-order chi connectivity index (χ1) is 38.7. The van der Waals surface area contributed by atoms with Crippen molar-refractivity contribution in [1.82, 2.24) is 0 Å². The molecular weight excluding hydrogens is 1020 g/mol. The van der Waals surface area contributed by atoms with Gasteiger partial charge in [0.15, 0.2) is 6.10 Å². The number of hydrogen-bond donors (Lipinski definition) is 5. The topological polar surface area (TPSA) is 266 Å². The third kappa shape index (κ3) is 46.4. The lowest BCUT2D eigenvalue weighted by Crippen LogP contribution is -2.40. The van der Waals surface area contributed by atoms with E-state index in [4.69, 9.17) is 39.2 Å². The van der Waals surface area contributed by atoms with Gasteiger partial charge >= 0.3 is 35.8 Å². The molecule has 0 aromatic heterocycles. The van der Waals surface area contributed by atoms with Crippen molar-refractivity contribution in [2.24, 2.45) is 0 Å². The highest BCUT2D eigenvalue weighted by molar-refractivity contribution is 6.22. The van der Waals surface area contributed by atoms with Gasteiger partial charge in [0.1, 0.15) is 44.0 Å². The number of hydrogen-bond acceptors (Lipinski definition) is 17. The van der Waals surface area contributed by atoms with Gasteiger partial charge in [-0.3, -0.25) is 19.2 Å². The number of aliphatic hydroxyl groups excluding tert-OH is 3. The summed E-state index contributed by atoms with van der Waals surface area (Å²) in [5, 5.41) is 47.0. The van der Waals surface area contributed by atoms with E-state index < -0.39 is 78.5 Å². The van der Waals surface area contributed by atoms with Gasteiger partial charge in [-0.1, -0.05) is 187 Å². The maximum Gasteiger partial charge on any atom is 0.349 e. The molecule has 0 saturated carbocycles. The van der Waals surface area contributed by atoms with Crippen LogP contribution in [0, 0.1) is 10.8 Å². The highest BCUT2D eigenvalue weighted by atomic mass is 16.6. The first-order valence-electron chi connectivity index (χ1n) is 31.5. The van der Waals surface area contributed by atoms with Crippen LogP contribution in [0.15, 0.2) is 12.2 Å². The zero-order valence-electron chi connectivity index (χ0n) is 50.3. The molecule has 0 aliphatic heterocycles. The molecule has 0 rings (SSSR count). The number of carbonyl (C=O) groups excluding carboxylic acids is 6. The SMILES string of the molecule is CCCCCCCC/C=C\CCCCCCCC(=O)OC(COC(=O)CCCCCCCC(O)C(CC(OC(=O)C=N)C(O)CCCCC)OC(C)=O)COC(=O)CCCCCCCC(OC(=O)C=N)C(O)CCCCCCCC. The van der Waals surface area contributed by atoms with E-state index >= 15 is 0 Å². The summed E-state index contributed by atoms with van der Waals surface area (Å²) in [6.07, 6.45) is 31.7. The lowest BCUT2D eigenvalue weighted by molar-refractivity contribution is -0.167. The molecule has 80 heavy (non-hydrogen) atoms.